The zero-order valence-electron chi connectivity index (χ0n) is 15.4. The Kier molecular flexibility index (Phi) is 6.52. The lowest BCUT2D eigenvalue weighted by molar-refractivity contribution is -0.0512. The van der Waals surface area contributed by atoms with Gasteiger partial charge in [-0.05, 0) is 35.7 Å². The smallest absolute Gasteiger partial charge is 0.387 e. The summed E-state index contributed by atoms with van der Waals surface area (Å²) < 4.78 is 39.9. The molecule has 0 saturated carbocycles. The van der Waals surface area contributed by atoms with Crippen LogP contribution in [0.15, 0.2) is 42.5 Å². The lowest BCUT2D eigenvalue weighted by atomic mass is 9.97. The maximum absolute atomic E-state index is 12.4. The van der Waals surface area contributed by atoms with Gasteiger partial charge >= 0.3 is 12.6 Å². The van der Waals surface area contributed by atoms with Gasteiger partial charge in [-0.2, -0.15) is 8.78 Å². The molecule has 1 aliphatic heterocycles. The van der Waals surface area contributed by atoms with Crippen molar-refractivity contribution in [3.63, 3.8) is 0 Å². The molecule has 8 heteroatoms. The average molecular weight is 392 g/mol. The van der Waals surface area contributed by atoms with Crippen molar-refractivity contribution in [2.24, 2.45) is 5.92 Å². The van der Waals surface area contributed by atoms with Gasteiger partial charge in [-0.3, -0.25) is 0 Å². The molecule has 2 amide bonds. The van der Waals surface area contributed by atoms with Crippen LogP contribution < -0.4 is 24.8 Å². The number of carbonyl (C=O) groups is 1. The normalized spacial score (nSPS) is 15.4. The van der Waals surface area contributed by atoms with E-state index in [0.717, 1.165) is 17.7 Å². The second-order valence-electron chi connectivity index (χ2n) is 6.42. The van der Waals surface area contributed by atoms with Crippen LogP contribution in [0.5, 0.6) is 17.2 Å². The van der Waals surface area contributed by atoms with E-state index in [-0.39, 0.29) is 30.0 Å². The van der Waals surface area contributed by atoms with Crippen LogP contribution >= 0.6 is 0 Å². The van der Waals surface area contributed by atoms with Gasteiger partial charge in [0, 0.05) is 19.0 Å². The first-order chi connectivity index (χ1) is 13.5. The summed E-state index contributed by atoms with van der Waals surface area (Å²) in [7, 11) is 1.36. The summed E-state index contributed by atoms with van der Waals surface area (Å²) in [5.74, 6) is 1.23. The molecular weight excluding hydrogens is 370 g/mol. The van der Waals surface area contributed by atoms with Crippen molar-refractivity contribution in [2.45, 2.75) is 19.6 Å². The molecule has 1 heterocycles. The molecule has 6 nitrogen and oxygen atoms in total. The zero-order chi connectivity index (χ0) is 19.9. The third-order valence-corrected chi connectivity index (χ3v) is 4.40. The Morgan fingerprint density at radius 3 is 2.82 bits per heavy atom. The second-order valence-corrected chi connectivity index (χ2v) is 6.42. The number of para-hydroxylation sites is 1. The van der Waals surface area contributed by atoms with E-state index in [1.165, 1.54) is 13.2 Å². The van der Waals surface area contributed by atoms with E-state index in [1.807, 2.05) is 24.3 Å². The van der Waals surface area contributed by atoms with Gasteiger partial charge in [0.05, 0.1) is 13.7 Å². The summed E-state index contributed by atoms with van der Waals surface area (Å²) in [6.07, 6.45) is 0.846. The zero-order valence-corrected chi connectivity index (χ0v) is 15.4. The molecule has 0 aliphatic carbocycles. The number of benzene rings is 2. The lowest BCUT2D eigenvalue weighted by Crippen LogP contribution is -2.40. The fourth-order valence-corrected chi connectivity index (χ4v) is 3.02. The first-order valence-corrected chi connectivity index (χ1v) is 8.89. The predicted molar refractivity (Wildman–Crippen MR) is 99.0 cm³/mol. The van der Waals surface area contributed by atoms with E-state index in [0.29, 0.717) is 18.7 Å². The summed E-state index contributed by atoms with van der Waals surface area (Å²) in [6, 6.07) is 12.1. The van der Waals surface area contributed by atoms with Gasteiger partial charge < -0.3 is 24.8 Å². The predicted octanol–water partition coefficient (Wildman–Crippen LogP) is 3.35. The molecule has 0 spiro atoms. The number of hydrogen-bond donors (Lipinski definition) is 2. The third-order valence-electron chi connectivity index (χ3n) is 4.40. The molecule has 3 rings (SSSR count). The highest BCUT2D eigenvalue weighted by Gasteiger charge is 2.20. The Balaban J connectivity index is 1.46. The van der Waals surface area contributed by atoms with Crippen molar-refractivity contribution in [3.05, 3.63) is 53.6 Å². The van der Waals surface area contributed by atoms with Gasteiger partial charge in [-0.25, -0.2) is 4.79 Å². The molecule has 2 aromatic rings. The molecule has 2 N–H and O–H groups in total. The van der Waals surface area contributed by atoms with Crippen LogP contribution in [0.1, 0.15) is 11.1 Å². The number of amides is 2. The SMILES string of the molecule is COc1cc(CNC(=O)NCC2COc3ccccc3C2)ccc1OC(F)F. The Morgan fingerprint density at radius 2 is 2.04 bits per heavy atom. The average Bonchev–Trinajstić information content (AvgIpc) is 2.71. The molecule has 0 saturated heterocycles. The third kappa shape index (κ3) is 5.25. The maximum atomic E-state index is 12.4. The number of hydrogen-bond acceptors (Lipinski definition) is 4. The van der Waals surface area contributed by atoms with Gasteiger partial charge in [-0.15, -0.1) is 0 Å². The lowest BCUT2D eigenvalue weighted by Gasteiger charge is -2.25. The summed E-state index contributed by atoms with van der Waals surface area (Å²) in [4.78, 5) is 12.1. The molecule has 0 radical (unpaired) electrons. The summed E-state index contributed by atoms with van der Waals surface area (Å²) in [5.41, 5.74) is 1.84. The molecular formula is C20H22F2N2O4. The van der Waals surface area contributed by atoms with Gasteiger partial charge in [0.1, 0.15) is 5.75 Å². The fourth-order valence-electron chi connectivity index (χ4n) is 3.02. The minimum atomic E-state index is -2.93. The number of urea groups is 1. The fraction of sp³-hybridized carbons (Fsp3) is 0.350. The van der Waals surface area contributed by atoms with E-state index in [9.17, 15) is 13.6 Å². The number of halogens is 2. The molecule has 150 valence electrons. The molecule has 1 aliphatic rings. The van der Waals surface area contributed by atoms with Crippen molar-refractivity contribution in [1.82, 2.24) is 10.6 Å². The van der Waals surface area contributed by atoms with Crippen LogP contribution in [0, 0.1) is 5.92 Å². The first-order valence-electron chi connectivity index (χ1n) is 8.89. The largest absolute Gasteiger partial charge is 0.493 e. The minimum Gasteiger partial charge on any atom is -0.493 e. The number of nitrogens with one attached hydrogen (secondary N) is 2. The number of rotatable bonds is 7. The highest BCUT2D eigenvalue weighted by Crippen LogP contribution is 2.29. The van der Waals surface area contributed by atoms with Crippen molar-refractivity contribution >= 4 is 6.03 Å². The monoisotopic (exact) mass is 392 g/mol. The topological polar surface area (TPSA) is 68.8 Å². The van der Waals surface area contributed by atoms with Crippen molar-refractivity contribution in [2.75, 3.05) is 20.3 Å². The molecule has 1 atom stereocenters. The Labute approximate surface area is 161 Å². The standard InChI is InChI=1S/C20H22F2N2O4/c1-26-18-9-13(6-7-17(18)28-19(21)22)10-23-20(25)24-11-14-8-15-4-2-3-5-16(15)27-12-14/h2-7,9,14,19H,8,10-12H2,1H3,(H2,23,24,25). The summed E-state index contributed by atoms with van der Waals surface area (Å²) in [5, 5.41) is 5.57. The summed E-state index contributed by atoms with van der Waals surface area (Å²) >= 11 is 0. The van der Waals surface area contributed by atoms with Gasteiger partial charge in [0.2, 0.25) is 0 Å². The quantitative estimate of drug-likeness (QED) is 0.758. The van der Waals surface area contributed by atoms with Crippen LogP contribution in [0.4, 0.5) is 13.6 Å². The van der Waals surface area contributed by atoms with Gasteiger partial charge in [-0.1, -0.05) is 24.3 Å². The van der Waals surface area contributed by atoms with Crippen LogP contribution in [-0.2, 0) is 13.0 Å². The number of alkyl halides is 2. The van der Waals surface area contributed by atoms with Crippen molar-refractivity contribution < 1.29 is 27.8 Å². The van der Waals surface area contributed by atoms with Crippen molar-refractivity contribution in [3.8, 4) is 17.2 Å². The number of carbonyl (C=O) groups excluding carboxylic acids is 1. The number of methoxy groups -OCH3 is 1. The number of fused-ring (bicyclic) bond motifs is 1. The van der Waals surface area contributed by atoms with E-state index in [2.05, 4.69) is 15.4 Å². The van der Waals surface area contributed by atoms with E-state index in [1.54, 1.807) is 12.1 Å². The summed E-state index contributed by atoms with van der Waals surface area (Å²) in [6.45, 7) is -1.66. The Bertz CT molecular complexity index is 817. The van der Waals surface area contributed by atoms with E-state index >= 15 is 0 Å². The second kappa shape index (κ2) is 9.25. The first kappa shape index (κ1) is 19.7. The molecule has 1 unspecified atom stereocenters. The molecule has 0 aromatic heterocycles. The van der Waals surface area contributed by atoms with Crippen LogP contribution in [0.3, 0.4) is 0 Å². The van der Waals surface area contributed by atoms with E-state index < -0.39 is 6.61 Å². The molecule has 2 aromatic carbocycles. The highest BCUT2D eigenvalue weighted by molar-refractivity contribution is 5.73. The maximum Gasteiger partial charge on any atom is 0.387 e. The Morgan fingerprint density at radius 1 is 1.21 bits per heavy atom. The van der Waals surface area contributed by atoms with E-state index in [4.69, 9.17) is 9.47 Å². The van der Waals surface area contributed by atoms with Crippen molar-refractivity contribution in [1.29, 1.82) is 0 Å². The molecule has 0 bridgehead atoms. The van der Waals surface area contributed by atoms with Gasteiger partial charge in [0.25, 0.3) is 0 Å². The highest BCUT2D eigenvalue weighted by atomic mass is 19.3. The minimum absolute atomic E-state index is 0.0525. The molecule has 0 fully saturated rings. The number of ether oxygens (including phenoxy) is 3. The molecule has 28 heavy (non-hydrogen) atoms. The van der Waals surface area contributed by atoms with Crippen LogP contribution in [0.2, 0.25) is 0 Å². The van der Waals surface area contributed by atoms with Crippen LogP contribution in [-0.4, -0.2) is 32.9 Å². The Hall–Kier alpha value is -3.03. The van der Waals surface area contributed by atoms with Crippen LogP contribution in [0.25, 0.3) is 0 Å². The van der Waals surface area contributed by atoms with Gasteiger partial charge in [0.15, 0.2) is 11.5 Å².